The Hall–Kier alpha value is -0.940. The van der Waals surface area contributed by atoms with E-state index in [9.17, 15) is 23.9 Å². The van der Waals surface area contributed by atoms with Crippen LogP contribution in [0.5, 0.6) is 0 Å². The lowest BCUT2D eigenvalue weighted by Gasteiger charge is -2.29. The number of nitrogens with zero attached hydrogens (tertiary/aromatic N) is 1. The first-order chi connectivity index (χ1) is 13.9. The molecule has 2 unspecified atom stereocenters. The number of H-pyrrole nitrogens is 1. The Balaban J connectivity index is 2.46. The molecule has 1 saturated carbocycles. The van der Waals surface area contributed by atoms with Crippen LogP contribution in [0.1, 0.15) is 26.3 Å². The van der Waals surface area contributed by atoms with Crippen LogP contribution < -0.4 is 11.2 Å². The first kappa shape index (κ1) is 25.3. The van der Waals surface area contributed by atoms with Gasteiger partial charge >= 0.3 is 20.0 Å². The van der Waals surface area contributed by atoms with Crippen LogP contribution in [0.15, 0.2) is 33.7 Å². The smallest absolute Gasteiger partial charge is 0.351 e. The van der Waals surface area contributed by atoms with E-state index in [1.807, 2.05) is 0 Å². The second-order valence-electron chi connectivity index (χ2n) is 6.97. The van der Waals surface area contributed by atoms with E-state index in [-0.39, 0.29) is 6.42 Å². The lowest BCUT2D eigenvalue weighted by molar-refractivity contribution is -0.0161. The van der Waals surface area contributed by atoms with E-state index >= 15 is 0 Å². The molecule has 0 saturated heterocycles. The van der Waals surface area contributed by atoms with E-state index in [1.165, 1.54) is 30.0 Å². The van der Waals surface area contributed by atoms with Gasteiger partial charge in [0.1, 0.15) is 12.2 Å². The quantitative estimate of drug-likeness (QED) is 0.440. The predicted octanol–water partition coefficient (Wildman–Crippen LogP) is 1.49. The first-order valence-corrected chi connectivity index (χ1v) is 13.2. The van der Waals surface area contributed by atoms with Gasteiger partial charge in [-0.1, -0.05) is 6.08 Å². The van der Waals surface area contributed by atoms with Gasteiger partial charge in [0.25, 0.3) is 5.56 Å². The maximum absolute atomic E-state index is 12.3. The first-order valence-electron chi connectivity index (χ1n) is 9.00. The zero-order chi connectivity index (χ0) is 22.7. The van der Waals surface area contributed by atoms with Gasteiger partial charge < -0.3 is 28.1 Å². The Kier molecular flexibility index (Phi) is 8.54. The third kappa shape index (κ3) is 6.53. The van der Waals surface area contributed by atoms with Gasteiger partial charge in [0.2, 0.25) is 0 Å². The van der Waals surface area contributed by atoms with Gasteiger partial charge in [-0.2, -0.15) is 0 Å². The van der Waals surface area contributed by atoms with Crippen LogP contribution in [0.2, 0.25) is 0 Å². The van der Waals surface area contributed by atoms with Crippen LogP contribution in [0, 0.1) is 5.92 Å². The zero-order valence-electron chi connectivity index (χ0n) is 16.9. The Morgan fingerprint density at radius 2 is 1.97 bits per heavy atom. The molecule has 0 aromatic carbocycles. The fraction of sp³-hybridized carbons (Fsp3) is 0.625. The van der Waals surface area contributed by atoms with Crippen LogP contribution in [0.3, 0.4) is 0 Å². The summed E-state index contributed by atoms with van der Waals surface area (Å²) < 4.78 is 34.3. The molecule has 0 radical (unpaired) electrons. The van der Waals surface area contributed by atoms with Crippen molar-refractivity contribution in [3.8, 4) is 0 Å². The molecule has 0 spiro atoms. The lowest BCUT2D eigenvalue weighted by Crippen LogP contribution is -2.38. The highest BCUT2D eigenvalue weighted by Gasteiger charge is 2.47. The van der Waals surface area contributed by atoms with Gasteiger partial charge in [0, 0.05) is 38.2 Å². The standard InChI is InChI=1S/C16H26N2O9P2S/c1-10(2)26-29(23,30)27-14-11(6-8-28(21,22)25-4)9-12(15(14)24-3)18-7-5-13(19)17-16(18)20/h5-8,10-12,14-15H,9H2,1-4H3,(H,21,22)(H,23,30)(H,17,19,20)/b8-6+/t11-,12-,14+,15-,29?/m0/s1. The number of aromatic amines is 1. The highest BCUT2D eigenvalue weighted by molar-refractivity contribution is 8.07. The number of ether oxygens (including phenoxy) is 1. The van der Waals surface area contributed by atoms with Crippen LogP contribution >= 0.6 is 14.3 Å². The molecule has 0 aliphatic heterocycles. The van der Waals surface area contributed by atoms with Crippen molar-refractivity contribution in [1.29, 1.82) is 0 Å². The van der Waals surface area contributed by atoms with E-state index in [1.54, 1.807) is 13.8 Å². The summed E-state index contributed by atoms with van der Waals surface area (Å²) in [7, 11) is -1.47. The monoisotopic (exact) mass is 484 g/mol. The molecule has 0 bridgehead atoms. The number of methoxy groups -OCH3 is 1. The summed E-state index contributed by atoms with van der Waals surface area (Å²) in [6.45, 7) is -0.315. The van der Waals surface area contributed by atoms with Crippen molar-refractivity contribution in [2.45, 2.75) is 44.6 Å². The normalized spacial score (nSPS) is 28.6. The van der Waals surface area contributed by atoms with Gasteiger partial charge in [0.05, 0.1) is 12.1 Å². The van der Waals surface area contributed by atoms with E-state index in [0.29, 0.717) is 0 Å². The molecule has 6 atom stereocenters. The maximum atomic E-state index is 12.3. The van der Waals surface area contributed by atoms with Gasteiger partial charge in [-0.3, -0.25) is 18.9 Å². The number of hydrogen-bond donors (Lipinski definition) is 3. The number of rotatable bonds is 9. The number of hydrogen-bond acceptors (Lipinski definition) is 8. The summed E-state index contributed by atoms with van der Waals surface area (Å²) in [5.41, 5.74) is -1.20. The Bertz CT molecular complexity index is 976. The second kappa shape index (κ2) is 10.1. The zero-order valence-corrected chi connectivity index (χ0v) is 19.5. The van der Waals surface area contributed by atoms with Crippen molar-refractivity contribution in [3.63, 3.8) is 0 Å². The number of nitrogens with one attached hydrogen (secondary N) is 1. The molecule has 14 heteroatoms. The third-order valence-electron chi connectivity index (χ3n) is 4.50. The summed E-state index contributed by atoms with van der Waals surface area (Å²) in [5, 5.41) is 0. The summed E-state index contributed by atoms with van der Waals surface area (Å²) in [4.78, 5) is 46.0. The average molecular weight is 484 g/mol. The molecule has 1 heterocycles. The Labute approximate surface area is 178 Å². The molecule has 1 fully saturated rings. The van der Waals surface area contributed by atoms with E-state index in [0.717, 1.165) is 12.9 Å². The fourth-order valence-electron chi connectivity index (χ4n) is 3.31. The van der Waals surface area contributed by atoms with Crippen molar-refractivity contribution < 1.29 is 32.7 Å². The minimum atomic E-state index is -3.97. The molecular weight excluding hydrogens is 458 g/mol. The summed E-state index contributed by atoms with van der Waals surface area (Å²) in [6.07, 6.45) is 0.873. The molecule has 170 valence electrons. The van der Waals surface area contributed by atoms with Crippen LogP contribution in [0.25, 0.3) is 0 Å². The highest BCUT2D eigenvalue weighted by atomic mass is 32.5. The largest absolute Gasteiger partial charge is 0.377 e. The third-order valence-corrected chi connectivity index (χ3v) is 7.29. The molecule has 1 aromatic rings. The van der Waals surface area contributed by atoms with Crippen LogP contribution in [-0.4, -0.2) is 51.9 Å². The average Bonchev–Trinajstić information content (AvgIpc) is 2.95. The van der Waals surface area contributed by atoms with Gasteiger partial charge in [-0.25, -0.2) is 4.79 Å². The summed E-state index contributed by atoms with van der Waals surface area (Å²) >= 11 is 5.09. The predicted molar refractivity (Wildman–Crippen MR) is 113 cm³/mol. The summed E-state index contributed by atoms with van der Waals surface area (Å²) in [5.74, 6) is 0.419. The van der Waals surface area contributed by atoms with Crippen LogP contribution in [0.4, 0.5) is 0 Å². The fourth-order valence-corrected chi connectivity index (χ4v) is 5.85. The number of aromatic nitrogens is 2. The molecule has 2 rings (SSSR count). The Morgan fingerprint density at radius 1 is 1.30 bits per heavy atom. The molecule has 11 nitrogen and oxygen atoms in total. The minimum absolute atomic E-state index is 0.229. The second-order valence-corrected chi connectivity index (χ2v) is 11.5. The van der Waals surface area contributed by atoms with Crippen LogP contribution in [-0.2, 0) is 34.7 Å². The molecular formula is C16H26N2O9P2S. The topological polar surface area (TPSA) is 149 Å². The van der Waals surface area contributed by atoms with Crippen molar-refractivity contribution in [3.05, 3.63) is 45.0 Å². The highest BCUT2D eigenvalue weighted by Crippen LogP contribution is 2.52. The van der Waals surface area contributed by atoms with Crippen molar-refractivity contribution >= 4 is 26.1 Å². The Morgan fingerprint density at radius 3 is 2.50 bits per heavy atom. The molecule has 1 aromatic heterocycles. The SMILES string of the molecule is CO[C@@H]1[C@H](OP(O)(=S)OC(C)C)[C@@H](/C=C/P(=O)(O)OC)C[C@@H]1n1ccc(=O)[nH]c1=O. The molecule has 30 heavy (non-hydrogen) atoms. The van der Waals surface area contributed by atoms with Gasteiger partial charge in [-0.05, 0) is 32.1 Å². The van der Waals surface area contributed by atoms with Crippen molar-refractivity contribution in [2.24, 2.45) is 5.92 Å². The van der Waals surface area contributed by atoms with Gasteiger partial charge in [-0.15, -0.1) is 0 Å². The molecule has 0 amide bonds. The lowest BCUT2D eigenvalue weighted by atomic mass is 10.1. The van der Waals surface area contributed by atoms with E-state index in [2.05, 4.69) is 9.51 Å². The molecule has 3 N–H and O–H groups in total. The van der Waals surface area contributed by atoms with E-state index < -0.39 is 55.8 Å². The molecule has 1 aliphatic carbocycles. The van der Waals surface area contributed by atoms with E-state index in [4.69, 9.17) is 25.6 Å². The van der Waals surface area contributed by atoms with Gasteiger partial charge in [0.15, 0.2) is 0 Å². The minimum Gasteiger partial charge on any atom is -0.377 e. The maximum Gasteiger partial charge on any atom is 0.351 e. The van der Waals surface area contributed by atoms with Crippen molar-refractivity contribution in [2.75, 3.05) is 14.2 Å². The van der Waals surface area contributed by atoms with Crippen molar-refractivity contribution in [1.82, 2.24) is 9.55 Å². The molecule has 1 aliphatic rings. The summed E-state index contributed by atoms with van der Waals surface area (Å²) in [6, 6.07) is 0.576.